The van der Waals surface area contributed by atoms with Gasteiger partial charge in [0.2, 0.25) is 0 Å². The van der Waals surface area contributed by atoms with Crippen LogP contribution in [0.25, 0.3) is 0 Å². The van der Waals surface area contributed by atoms with Crippen LogP contribution in [0, 0.1) is 0 Å². The Labute approximate surface area is 75.3 Å². The molecule has 0 heterocycles. The van der Waals surface area contributed by atoms with Crippen molar-refractivity contribution in [3.8, 4) is 0 Å². The first kappa shape index (κ1) is 7.85. The van der Waals surface area contributed by atoms with Crippen LogP contribution in [0.2, 0.25) is 19.8 Å². The van der Waals surface area contributed by atoms with Gasteiger partial charge in [-0.25, -0.2) is 0 Å². The molecule has 0 bridgehead atoms. The molecule has 0 aromatic carbocycles. The molecular formula is C4H11KSi. The molecule has 0 amide bonds. The second-order valence-electron chi connectivity index (χ2n) is 2.91. The predicted molar refractivity (Wildman–Crippen MR) is 33.9 cm³/mol. The van der Waals surface area contributed by atoms with Gasteiger partial charge in [-0.3, -0.25) is 0 Å². The van der Waals surface area contributed by atoms with Crippen molar-refractivity contribution >= 4 is 57.0 Å². The maximum atomic E-state index is 2.43. The van der Waals surface area contributed by atoms with E-state index in [1.54, 1.807) is 0.139 Å². The van der Waals surface area contributed by atoms with Crippen LogP contribution in [0.15, 0.2) is 0 Å². The fourth-order valence-corrected chi connectivity index (χ4v) is 0. The standard InChI is InChI=1S/C4H11Si.K/c1-5(2,3)4;/h1H2,2-4H3;. The average molecular weight is 126 g/mol. The van der Waals surface area contributed by atoms with Gasteiger partial charge < -0.3 is 0 Å². The molecule has 0 rings (SSSR count). The molecule has 0 aliphatic heterocycles. The van der Waals surface area contributed by atoms with Crippen molar-refractivity contribution in [2.75, 3.05) is 0 Å². The van der Waals surface area contributed by atoms with E-state index >= 15 is 0 Å². The first-order valence-corrected chi connectivity index (χ1v) is 8.48. The van der Waals surface area contributed by atoms with Crippen molar-refractivity contribution in [3.63, 3.8) is 0 Å². The van der Waals surface area contributed by atoms with Gasteiger partial charge in [0.25, 0.3) is 0 Å². The van der Waals surface area contributed by atoms with Gasteiger partial charge in [-0.05, 0) is 0 Å². The van der Waals surface area contributed by atoms with Gasteiger partial charge in [0.1, 0.15) is 0 Å². The molecule has 0 radical (unpaired) electrons. The molecular weight excluding hydrogens is 115 g/mol. The molecule has 0 fully saturated rings. The van der Waals surface area contributed by atoms with Crippen molar-refractivity contribution in [2.24, 2.45) is 0 Å². The van der Waals surface area contributed by atoms with E-state index in [4.69, 9.17) is 0 Å². The van der Waals surface area contributed by atoms with Crippen LogP contribution in [0.1, 0.15) is 0 Å². The van der Waals surface area contributed by atoms with Crippen LogP contribution in [0.3, 0.4) is 0 Å². The Balaban J connectivity index is 3.17. The number of hydrogen-bond acceptors (Lipinski definition) is 0. The summed E-state index contributed by atoms with van der Waals surface area (Å²) >= 11 is 1.11. The molecule has 0 N–H and O–H groups in total. The van der Waals surface area contributed by atoms with Crippen molar-refractivity contribution in [1.29, 1.82) is 0 Å². The second-order valence-corrected chi connectivity index (χ2v) is 12.1. The van der Waals surface area contributed by atoms with E-state index in [9.17, 15) is 0 Å². The van der Waals surface area contributed by atoms with Crippen LogP contribution < -0.4 is 0 Å². The fraction of sp³-hybridized carbons (Fsp3) is 1.00. The molecule has 0 spiro atoms. The average Bonchev–Trinajstić information content (AvgIpc) is 1.35. The summed E-state index contributed by atoms with van der Waals surface area (Å²) in [7, 11) is -0.548. The summed E-state index contributed by atoms with van der Waals surface area (Å²) < 4.78 is 1.60. The van der Waals surface area contributed by atoms with E-state index in [0.29, 0.717) is 0 Å². The van der Waals surface area contributed by atoms with Gasteiger partial charge >= 0.3 is 76.8 Å². The minimum atomic E-state index is -0.548. The molecule has 0 atom stereocenters. The Morgan fingerprint density at radius 1 is 1.33 bits per heavy atom. The van der Waals surface area contributed by atoms with Crippen LogP contribution >= 0.6 is 0 Å². The van der Waals surface area contributed by atoms with Gasteiger partial charge in [0.15, 0.2) is 0 Å². The molecule has 0 aliphatic carbocycles. The number of rotatable bonds is 1. The van der Waals surface area contributed by atoms with Gasteiger partial charge in [0.05, 0.1) is 0 Å². The van der Waals surface area contributed by atoms with E-state index in [1.165, 1.54) is 0 Å². The van der Waals surface area contributed by atoms with Crippen LogP contribution in [0.5, 0.6) is 0 Å². The van der Waals surface area contributed by atoms with E-state index in [1.807, 2.05) is 0 Å². The van der Waals surface area contributed by atoms with Crippen LogP contribution in [-0.4, -0.2) is 57.0 Å². The molecule has 0 aromatic heterocycles. The molecule has 0 saturated carbocycles. The Hall–Kier alpha value is 1.85. The topological polar surface area (TPSA) is 0 Å². The van der Waals surface area contributed by atoms with Gasteiger partial charge in [-0.1, -0.05) is 0 Å². The zero-order valence-corrected chi connectivity index (χ0v) is 9.33. The van der Waals surface area contributed by atoms with Crippen molar-refractivity contribution in [1.82, 2.24) is 0 Å². The van der Waals surface area contributed by atoms with E-state index in [-0.39, 0.29) is 0 Å². The van der Waals surface area contributed by atoms with Crippen LogP contribution in [-0.2, 0) is 0 Å². The molecule has 0 aromatic rings. The van der Waals surface area contributed by atoms with E-state index in [0.717, 1.165) is 49.0 Å². The Kier molecular flexibility index (Phi) is 3.92. The number of hydrogen-bond donors (Lipinski definition) is 0. The normalized spacial score (nSPS) is 12.2. The zero-order chi connectivity index (χ0) is 5.21. The Morgan fingerprint density at radius 3 is 1.50 bits per heavy atom. The first-order chi connectivity index (χ1) is 2.56. The van der Waals surface area contributed by atoms with Gasteiger partial charge in [-0.15, -0.1) is 0 Å². The maximum absolute atomic E-state index is 2.43. The summed E-state index contributed by atoms with van der Waals surface area (Å²) in [6.07, 6.45) is 0. The summed E-state index contributed by atoms with van der Waals surface area (Å²) in [5.41, 5.74) is 0. The van der Waals surface area contributed by atoms with Gasteiger partial charge in [0, 0.05) is 0 Å². The molecule has 2 heteroatoms. The van der Waals surface area contributed by atoms with Crippen molar-refractivity contribution < 1.29 is 0 Å². The summed E-state index contributed by atoms with van der Waals surface area (Å²) in [5.74, 6) is 0. The monoisotopic (exact) mass is 126 g/mol. The van der Waals surface area contributed by atoms with E-state index in [2.05, 4.69) is 19.6 Å². The van der Waals surface area contributed by atoms with Gasteiger partial charge in [-0.2, -0.15) is 0 Å². The zero-order valence-electron chi connectivity index (χ0n) is 5.21. The van der Waals surface area contributed by atoms with Crippen molar-refractivity contribution in [3.05, 3.63) is 0 Å². The van der Waals surface area contributed by atoms with Crippen molar-refractivity contribution in [2.45, 2.75) is 19.8 Å². The molecule has 0 saturated heterocycles. The summed E-state index contributed by atoms with van der Waals surface area (Å²) in [6.45, 7) is 7.29. The summed E-state index contributed by atoms with van der Waals surface area (Å²) in [4.78, 5) is 0. The molecule has 0 aliphatic rings. The molecule has 32 valence electrons. The quantitative estimate of drug-likeness (QED) is 0.467. The molecule has 6 heavy (non-hydrogen) atoms. The SMILES string of the molecule is C[Si](C)(C)[CH2][K]. The molecule has 0 nitrogen and oxygen atoms in total. The third-order valence-corrected chi connectivity index (χ3v) is 13.1. The first-order valence-electron chi connectivity index (χ1n) is 2.56. The third kappa shape index (κ3) is 5.85. The summed E-state index contributed by atoms with van der Waals surface area (Å²) in [6, 6.07) is 0. The van der Waals surface area contributed by atoms with Crippen LogP contribution in [0.4, 0.5) is 0 Å². The molecule has 0 unspecified atom stereocenters. The predicted octanol–water partition coefficient (Wildman–Crippen LogP) is 1.45. The Bertz CT molecular complexity index is 37.3. The minimum absolute atomic E-state index is 0.548. The fourth-order valence-electron chi connectivity index (χ4n) is 0. The van der Waals surface area contributed by atoms with E-state index < -0.39 is 8.07 Å². The second kappa shape index (κ2) is 3.00. The Morgan fingerprint density at radius 2 is 1.50 bits per heavy atom. The summed E-state index contributed by atoms with van der Waals surface area (Å²) in [5, 5.41) is 0. The third-order valence-electron chi connectivity index (χ3n) is 1.06.